The van der Waals surface area contributed by atoms with E-state index in [1.807, 2.05) is 30.5 Å². The van der Waals surface area contributed by atoms with Crippen LogP contribution in [0, 0.1) is 0 Å². The van der Waals surface area contributed by atoms with Crippen LogP contribution in [0.4, 0.5) is 0 Å². The topological polar surface area (TPSA) is 27.2 Å². The maximum atomic E-state index is 5.65. The Morgan fingerprint density at radius 3 is 3.00 bits per heavy atom. The van der Waals surface area contributed by atoms with Crippen molar-refractivity contribution in [3.63, 3.8) is 0 Å². The van der Waals surface area contributed by atoms with Crippen molar-refractivity contribution in [2.75, 3.05) is 0 Å². The average Bonchev–Trinajstić information content (AvgIpc) is 2.56. The SMILES string of the molecule is C1=Cc2c(oc3ccccc23)C[N-]1.[Ir+3]. The van der Waals surface area contributed by atoms with Crippen LogP contribution in [-0.2, 0) is 26.7 Å². The summed E-state index contributed by atoms with van der Waals surface area (Å²) in [5, 5.41) is 5.32. The fraction of sp³-hybridized carbons (Fsp3) is 0.0909. The molecule has 0 aliphatic carbocycles. The maximum Gasteiger partial charge on any atom is 3.00 e. The molecule has 0 bridgehead atoms. The van der Waals surface area contributed by atoms with Gasteiger partial charge < -0.3 is 9.73 Å². The van der Waals surface area contributed by atoms with Gasteiger partial charge in [-0.2, -0.15) is 6.20 Å². The van der Waals surface area contributed by atoms with Gasteiger partial charge in [-0.25, -0.2) is 0 Å². The Morgan fingerprint density at radius 1 is 1.21 bits per heavy atom. The monoisotopic (exact) mass is 363 g/mol. The van der Waals surface area contributed by atoms with E-state index in [9.17, 15) is 0 Å². The molecule has 1 aromatic carbocycles. The van der Waals surface area contributed by atoms with Crippen molar-refractivity contribution in [3.8, 4) is 0 Å². The van der Waals surface area contributed by atoms with Gasteiger partial charge in [0.1, 0.15) is 5.58 Å². The zero-order chi connectivity index (χ0) is 8.67. The molecule has 0 spiro atoms. The molecule has 2 aromatic rings. The first-order valence-electron chi connectivity index (χ1n) is 4.29. The molecule has 70 valence electrons. The van der Waals surface area contributed by atoms with Crippen molar-refractivity contribution >= 4 is 17.0 Å². The molecule has 0 saturated heterocycles. The van der Waals surface area contributed by atoms with Crippen LogP contribution >= 0.6 is 0 Å². The van der Waals surface area contributed by atoms with E-state index < -0.39 is 0 Å². The van der Waals surface area contributed by atoms with Gasteiger partial charge >= 0.3 is 20.1 Å². The molecule has 0 unspecified atom stereocenters. The Kier molecular flexibility index (Phi) is 2.44. The second-order valence-corrected chi connectivity index (χ2v) is 3.09. The summed E-state index contributed by atoms with van der Waals surface area (Å²) in [6.07, 6.45) is 3.84. The van der Waals surface area contributed by atoms with Gasteiger partial charge in [-0.05, 0) is 6.07 Å². The fourth-order valence-electron chi connectivity index (χ4n) is 1.68. The van der Waals surface area contributed by atoms with Crippen LogP contribution in [0.2, 0.25) is 0 Å². The molecule has 0 atom stereocenters. The van der Waals surface area contributed by atoms with E-state index in [0.717, 1.165) is 11.3 Å². The first-order chi connectivity index (χ1) is 6.45. The molecule has 0 N–H and O–H groups in total. The van der Waals surface area contributed by atoms with Gasteiger partial charge in [0, 0.05) is 10.9 Å². The number of fused-ring (bicyclic) bond motifs is 3. The molecule has 0 saturated carbocycles. The standard InChI is InChI=1S/C11H8NO.Ir/c1-2-4-10-8(3-1)9-5-6-12-7-11(9)13-10;/h1-6H,7H2;/q-1;+3. The quantitative estimate of drug-likeness (QED) is 0.707. The third-order valence-corrected chi connectivity index (χ3v) is 2.29. The normalized spacial score (nSPS) is 13.1. The first kappa shape index (κ1) is 9.50. The first-order valence-corrected chi connectivity index (χ1v) is 4.29. The average molecular weight is 362 g/mol. The van der Waals surface area contributed by atoms with Gasteiger partial charge in [-0.1, -0.05) is 30.8 Å². The fourth-order valence-corrected chi connectivity index (χ4v) is 1.68. The van der Waals surface area contributed by atoms with E-state index in [1.54, 1.807) is 0 Å². The van der Waals surface area contributed by atoms with Crippen molar-refractivity contribution in [3.05, 3.63) is 47.1 Å². The molecule has 0 fully saturated rings. The largest absolute Gasteiger partial charge is 3.00 e. The van der Waals surface area contributed by atoms with E-state index in [-0.39, 0.29) is 20.1 Å². The number of para-hydroxylation sites is 1. The predicted octanol–water partition coefficient (Wildman–Crippen LogP) is 3.29. The smallest absolute Gasteiger partial charge is 0.684 e. The second-order valence-electron chi connectivity index (χ2n) is 3.09. The van der Waals surface area contributed by atoms with Crippen molar-refractivity contribution in [2.45, 2.75) is 6.54 Å². The van der Waals surface area contributed by atoms with Crippen LogP contribution < -0.4 is 0 Å². The Hall–Kier alpha value is -1.05. The molecule has 0 radical (unpaired) electrons. The Morgan fingerprint density at radius 2 is 2.07 bits per heavy atom. The van der Waals surface area contributed by atoms with Crippen LogP contribution in [0.25, 0.3) is 22.4 Å². The van der Waals surface area contributed by atoms with Gasteiger partial charge in [0.15, 0.2) is 0 Å². The summed E-state index contributed by atoms with van der Waals surface area (Å²) in [4.78, 5) is 0. The summed E-state index contributed by atoms with van der Waals surface area (Å²) in [5.41, 5.74) is 2.14. The van der Waals surface area contributed by atoms with Crippen LogP contribution in [-0.4, -0.2) is 0 Å². The summed E-state index contributed by atoms with van der Waals surface area (Å²) >= 11 is 0. The molecule has 0 amide bonds. The summed E-state index contributed by atoms with van der Waals surface area (Å²) in [6, 6.07) is 8.07. The molecule has 3 rings (SSSR count). The van der Waals surface area contributed by atoms with Gasteiger partial charge in [0.05, 0.1) is 5.76 Å². The third kappa shape index (κ3) is 1.29. The maximum absolute atomic E-state index is 5.65. The van der Waals surface area contributed by atoms with E-state index in [2.05, 4.69) is 11.4 Å². The minimum absolute atomic E-state index is 0. The molecule has 2 heterocycles. The molecule has 1 aliphatic heterocycles. The number of hydrogen-bond acceptors (Lipinski definition) is 1. The van der Waals surface area contributed by atoms with Gasteiger partial charge in [-0.3, -0.25) is 0 Å². The molecule has 2 nitrogen and oxygen atoms in total. The number of hydrogen-bond donors (Lipinski definition) is 0. The molecular weight excluding hydrogens is 354 g/mol. The van der Waals surface area contributed by atoms with E-state index in [4.69, 9.17) is 4.42 Å². The number of nitrogens with zero attached hydrogens (tertiary/aromatic N) is 1. The zero-order valence-electron chi connectivity index (χ0n) is 7.36. The van der Waals surface area contributed by atoms with Gasteiger partial charge in [-0.15, -0.1) is 0 Å². The summed E-state index contributed by atoms with van der Waals surface area (Å²) in [6.45, 7) is 0.667. The minimum Gasteiger partial charge on any atom is -0.684 e. The second kappa shape index (κ2) is 3.60. The Balaban J connectivity index is 0.000000750. The summed E-state index contributed by atoms with van der Waals surface area (Å²) < 4.78 is 5.65. The van der Waals surface area contributed by atoms with E-state index in [0.29, 0.717) is 6.54 Å². The van der Waals surface area contributed by atoms with Crippen LogP contribution in [0.5, 0.6) is 0 Å². The van der Waals surface area contributed by atoms with Crippen molar-refractivity contribution in [1.29, 1.82) is 0 Å². The van der Waals surface area contributed by atoms with Crippen LogP contribution in [0.1, 0.15) is 11.3 Å². The zero-order valence-corrected chi connectivity index (χ0v) is 9.76. The molecule has 1 aromatic heterocycles. The third-order valence-electron chi connectivity index (χ3n) is 2.29. The van der Waals surface area contributed by atoms with Crippen molar-refractivity contribution < 1.29 is 24.5 Å². The van der Waals surface area contributed by atoms with E-state index >= 15 is 0 Å². The summed E-state index contributed by atoms with van der Waals surface area (Å²) in [5.74, 6) is 0.976. The predicted molar refractivity (Wildman–Crippen MR) is 52.3 cm³/mol. The molecule has 1 aliphatic rings. The van der Waals surface area contributed by atoms with E-state index in [1.165, 1.54) is 10.9 Å². The molecular formula is C11H8IrNO+2. The number of rotatable bonds is 0. The van der Waals surface area contributed by atoms with Gasteiger partial charge in [0.2, 0.25) is 0 Å². The number of furan rings is 1. The van der Waals surface area contributed by atoms with Crippen LogP contribution in [0.3, 0.4) is 0 Å². The Bertz CT molecular complexity index is 487. The van der Waals surface area contributed by atoms with Gasteiger partial charge in [0.25, 0.3) is 0 Å². The minimum atomic E-state index is 0. The Labute approximate surface area is 95.3 Å². The van der Waals surface area contributed by atoms with Crippen molar-refractivity contribution in [1.82, 2.24) is 0 Å². The molecule has 3 heteroatoms. The van der Waals surface area contributed by atoms with Crippen molar-refractivity contribution in [2.24, 2.45) is 0 Å². The number of benzene rings is 1. The summed E-state index contributed by atoms with van der Waals surface area (Å²) in [7, 11) is 0. The van der Waals surface area contributed by atoms with Crippen LogP contribution in [0.15, 0.2) is 34.9 Å². The molecule has 14 heavy (non-hydrogen) atoms.